The molecule has 1 aromatic carbocycles. The number of fused-ring (bicyclic) bond motifs is 2. The smallest absolute Gasteiger partial charge is 0.216 e. The summed E-state index contributed by atoms with van der Waals surface area (Å²) in [6.07, 6.45) is 6.60. The third-order valence-corrected chi connectivity index (χ3v) is 5.44. The van der Waals surface area contributed by atoms with Gasteiger partial charge in [0.2, 0.25) is 5.78 Å². The Kier molecular flexibility index (Phi) is 3.60. The summed E-state index contributed by atoms with van der Waals surface area (Å²) in [6.45, 7) is 0. The molecule has 1 saturated carbocycles. The Hall–Kier alpha value is -2.69. The van der Waals surface area contributed by atoms with Crippen molar-refractivity contribution >= 4 is 11.6 Å². The van der Waals surface area contributed by atoms with Gasteiger partial charge in [0.1, 0.15) is 16.9 Å². The topological polar surface area (TPSA) is 59.3 Å². The van der Waals surface area contributed by atoms with Crippen LogP contribution in [0, 0.1) is 5.82 Å². The molecule has 1 spiro atoms. The molecule has 0 saturated heterocycles. The maximum Gasteiger partial charge on any atom is 0.216 e. The van der Waals surface area contributed by atoms with Gasteiger partial charge in [-0.25, -0.2) is 4.39 Å². The number of aromatic nitrogens is 1. The lowest BCUT2D eigenvalue weighted by molar-refractivity contribution is -0.125. The first-order valence-corrected chi connectivity index (χ1v) is 8.50. The van der Waals surface area contributed by atoms with Crippen LogP contribution in [-0.2, 0) is 10.3 Å². The number of Topliss-reactive ketones (excluding diaryl/α,β-unsaturated/α-hetero) is 2. The Bertz CT molecular complexity index is 886. The average Bonchev–Trinajstić information content (AvgIpc) is 3.08. The van der Waals surface area contributed by atoms with E-state index in [1.165, 1.54) is 12.1 Å². The largest absolute Gasteiger partial charge is 0.515 e. The molecule has 1 N–H and O–H groups in total. The van der Waals surface area contributed by atoms with Crippen LogP contribution >= 0.6 is 0 Å². The minimum atomic E-state index is -0.797. The Morgan fingerprint density at radius 2 is 1.72 bits per heavy atom. The summed E-state index contributed by atoms with van der Waals surface area (Å²) < 4.78 is 15.0. The number of carbonyl (C=O) groups excluding carboxylic acids is 2. The summed E-state index contributed by atoms with van der Waals surface area (Å²) in [5.41, 5.74) is 0.807. The number of aliphatic hydroxyl groups excluding tert-OH is 1. The number of hydrogen-bond acceptors (Lipinski definition) is 3. The van der Waals surface area contributed by atoms with Crippen LogP contribution in [0.15, 0.2) is 48.4 Å². The van der Waals surface area contributed by atoms with E-state index in [2.05, 4.69) is 0 Å². The van der Waals surface area contributed by atoms with Crippen molar-refractivity contribution in [3.05, 3.63) is 59.9 Å². The normalized spacial score (nSPS) is 20.9. The van der Waals surface area contributed by atoms with Gasteiger partial charge in [0.25, 0.3) is 0 Å². The van der Waals surface area contributed by atoms with Crippen LogP contribution < -0.4 is 0 Å². The van der Waals surface area contributed by atoms with Gasteiger partial charge in [0.15, 0.2) is 5.78 Å². The molecule has 1 aromatic heterocycles. The summed E-state index contributed by atoms with van der Waals surface area (Å²) >= 11 is 0. The zero-order valence-corrected chi connectivity index (χ0v) is 13.7. The number of nitrogens with zero attached hydrogens (tertiary/aromatic N) is 1. The third-order valence-electron chi connectivity index (χ3n) is 5.44. The molecular formula is C20H18FNO3. The van der Waals surface area contributed by atoms with Crippen molar-refractivity contribution < 1.29 is 19.1 Å². The van der Waals surface area contributed by atoms with Gasteiger partial charge in [-0.15, -0.1) is 0 Å². The van der Waals surface area contributed by atoms with Gasteiger partial charge in [-0.05, 0) is 36.6 Å². The van der Waals surface area contributed by atoms with Gasteiger partial charge in [0.05, 0.1) is 12.0 Å². The number of hydrogen-bond donors (Lipinski definition) is 1. The highest BCUT2D eigenvalue weighted by atomic mass is 19.1. The average molecular weight is 339 g/mol. The Morgan fingerprint density at radius 1 is 1.04 bits per heavy atom. The van der Waals surface area contributed by atoms with Crippen molar-refractivity contribution in [2.45, 2.75) is 37.6 Å². The molecule has 1 aliphatic carbocycles. The Labute approximate surface area is 144 Å². The summed E-state index contributed by atoms with van der Waals surface area (Å²) in [4.78, 5) is 25.8. The molecule has 0 amide bonds. The van der Waals surface area contributed by atoms with Gasteiger partial charge < -0.3 is 9.67 Å². The molecule has 1 fully saturated rings. The summed E-state index contributed by atoms with van der Waals surface area (Å²) in [5.74, 6) is -1.13. The van der Waals surface area contributed by atoms with Gasteiger partial charge in [-0.2, -0.15) is 0 Å². The number of ketones is 2. The fourth-order valence-corrected chi connectivity index (χ4v) is 4.20. The van der Waals surface area contributed by atoms with E-state index in [4.69, 9.17) is 0 Å². The molecule has 0 unspecified atom stereocenters. The molecule has 2 aromatic rings. The maximum absolute atomic E-state index is 13.2. The molecule has 0 atom stereocenters. The number of carbonyl (C=O) groups is 2. The zero-order valence-electron chi connectivity index (χ0n) is 13.7. The molecule has 4 rings (SSSR count). The molecule has 5 heteroatoms. The van der Waals surface area contributed by atoms with E-state index in [0.29, 0.717) is 35.9 Å². The zero-order chi connectivity index (χ0) is 17.6. The highest BCUT2D eigenvalue weighted by Gasteiger charge is 2.50. The molecule has 4 nitrogen and oxygen atoms in total. The van der Waals surface area contributed by atoms with E-state index >= 15 is 0 Å². The highest BCUT2D eigenvalue weighted by molar-refractivity contribution is 6.31. The number of benzene rings is 1. The maximum atomic E-state index is 13.2. The van der Waals surface area contributed by atoms with Crippen LogP contribution in [0.3, 0.4) is 0 Å². The quantitative estimate of drug-likeness (QED) is 0.482. The molecule has 25 heavy (non-hydrogen) atoms. The van der Waals surface area contributed by atoms with Crippen molar-refractivity contribution in [2.24, 2.45) is 0 Å². The first kappa shape index (κ1) is 15.8. The monoisotopic (exact) mass is 339 g/mol. The number of allylic oxidation sites excluding steroid dienone is 1. The van der Waals surface area contributed by atoms with Gasteiger partial charge in [-0.3, -0.25) is 9.59 Å². The first-order chi connectivity index (χ1) is 12.1. The minimum absolute atomic E-state index is 0.156. The van der Waals surface area contributed by atoms with Gasteiger partial charge in [0, 0.05) is 11.8 Å². The number of aliphatic hydroxyl groups is 1. The standard InChI is InChI=1S/C20H18FNO3/c21-14-6-4-13(5-7-14)15-8-11-22-17(15)18(24)16(12-23)19(25)20(22)9-2-1-3-10-20/h4-8,11-12,23H,1-3,9-10H2. The third kappa shape index (κ3) is 2.18. The predicted molar refractivity (Wildman–Crippen MR) is 90.9 cm³/mol. The van der Waals surface area contributed by atoms with Crippen molar-refractivity contribution in [3.63, 3.8) is 0 Å². The summed E-state index contributed by atoms with van der Waals surface area (Å²) in [5, 5.41) is 9.54. The lowest BCUT2D eigenvalue weighted by Gasteiger charge is -2.41. The molecular weight excluding hydrogens is 321 g/mol. The van der Waals surface area contributed by atoms with Crippen molar-refractivity contribution in [3.8, 4) is 11.1 Å². The lowest BCUT2D eigenvalue weighted by atomic mass is 9.73. The van der Waals surface area contributed by atoms with Crippen molar-refractivity contribution in [2.75, 3.05) is 0 Å². The molecule has 0 radical (unpaired) electrons. The molecule has 1 aliphatic heterocycles. The van der Waals surface area contributed by atoms with E-state index in [-0.39, 0.29) is 17.2 Å². The second-order valence-electron chi connectivity index (χ2n) is 6.75. The number of halogens is 1. The van der Waals surface area contributed by atoms with Crippen LogP contribution in [0.5, 0.6) is 0 Å². The molecule has 128 valence electrons. The van der Waals surface area contributed by atoms with Crippen LogP contribution in [-0.4, -0.2) is 21.2 Å². The number of rotatable bonds is 1. The highest BCUT2D eigenvalue weighted by Crippen LogP contribution is 2.44. The Morgan fingerprint density at radius 3 is 2.36 bits per heavy atom. The van der Waals surface area contributed by atoms with Crippen LogP contribution in [0.1, 0.15) is 42.6 Å². The minimum Gasteiger partial charge on any atom is -0.515 e. The fourth-order valence-electron chi connectivity index (χ4n) is 4.20. The van der Waals surface area contributed by atoms with Crippen LogP contribution in [0.25, 0.3) is 11.1 Å². The second-order valence-corrected chi connectivity index (χ2v) is 6.75. The van der Waals surface area contributed by atoms with E-state index in [9.17, 15) is 19.1 Å². The first-order valence-electron chi connectivity index (χ1n) is 8.50. The van der Waals surface area contributed by atoms with Gasteiger partial charge in [-0.1, -0.05) is 31.4 Å². The van der Waals surface area contributed by atoms with Crippen molar-refractivity contribution in [1.29, 1.82) is 0 Å². The van der Waals surface area contributed by atoms with Crippen molar-refractivity contribution in [1.82, 2.24) is 4.57 Å². The van der Waals surface area contributed by atoms with E-state index in [1.807, 2.05) is 0 Å². The fraction of sp³-hybridized carbons (Fsp3) is 0.300. The molecule has 2 heterocycles. The SMILES string of the molecule is O=C1C(=CO)C(=O)C2(CCCCC2)n2ccc(-c3ccc(F)cc3)c21. The van der Waals surface area contributed by atoms with Gasteiger partial charge >= 0.3 is 0 Å². The predicted octanol–water partition coefficient (Wildman–Crippen LogP) is 4.16. The Balaban J connectivity index is 1.95. The molecule has 0 bridgehead atoms. The lowest BCUT2D eigenvalue weighted by Crippen LogP contribution is -2.50. The summed E-state index contributed by atoms with van der Waals surface area (Å²) in [6, 6.07) is 7.72. The van der Waals surface area contributed by atoms with E-state index < -0.39 is 11.3 Å². The van der Waals surface area contributed by atoms with Crippen LogP contribution in [0.4, 0.5) is 4.39 Å². The second kappa shape index (κ2) is 5.69. The van der Waals surface area contributed by atoms with E-state index in [0.717, 1.165) is 19.3 Å². The van der Waals surface area contributed by atoms with Crippen LogP contribution in [0.2, 0.25) is 0 Å². The van der Waals surface area contributed by atoms with E-state index in [1.54, 1.807) is 29.0 Å². The molecule has 2 aliphatic rings. The summed E-state index contributed by atoms with van der Waals surface area (Å²) in [7, 11) is 0.